The summed E-state index contributed by atoms with van der Waals surface area (Å²) in [5.41, 5.74) is 6.23. The standard InChI is InChI=1S/C21H22N2O2.C5H12.C2H6.CH4O.H2O.H2/c1-13-4-6-15(7-5-13)16-9-17-11-22-19-8-14(2)20(25-3)10-18(19)21(24)23(17)12-16;1-3-5-4-2;2*1-2;;/h4-8,10,12,17,22H,9,11H2,1-3H3;3-5H2,1-2H3;1-2H3;2H,1H3;1H2;1H. The number of ether oxygens (including phenoxy) is 1. The maximum absolute atomic E-state index is 13.1. The molecular formula is C29H48N2O4. The maximum atomic E-state index is 13.1. The smallest absolute Gasteiger partial charge is 0.260 e. The lowest BCUT2D eigenvalue weighted by atomic mass is 10.0. The first kappa shape index (κ1) is 32.2. The van der Waals surface area contributed by atoms with E-state index >= 15 is 0 Å². The van der Waals surface area contributed by atoms with Gasteiger partial charge in [0, 0.05) is 27.0 Å². The lowest BCUT2D eigenvalue weighted by Crippen LogP contribution is -2.34. The summed E-state index contributed by atoms with van der Waals surface area (Å²) in [5, 5.41) is 10.4. The zero-order valence-electron chi connectivity index (χ0n) is 22.9. The van der Waals surface area contributed by atoms with E-state index in [0.717, 1.165) is 37.1 Å². The second-order valence-corrected chi connectivity index (χ2v) is 8.19. The van der Waals surface area contributed by atoms with Crippen LogP contribution in [0.25, 0.3) is 5.57 Å². The molecule has 198 valence electrons. The average molecular weight is 489 g/mol. The van der Waals surface area contributed by atoms with Crippen LogP contribution in [0.1, 0.15) is 81.9 Å². The van der Waals surface area contributed by atoms with Crippen molar-refractivity contribution in [2.24, 2.45) is 0 Å². The first-order chi connectivity index (χ1) is 16.5. The molecule has 1 atom stereocenters. The zero-order valence-corrected chi connectivity index (χ0v) is 22.9. The number of aryl methyl sites for hydroxylation is 2. The number of amides is 1. The van der Waals surface area contributed by atoms with Crippen molar-refractivity contribution in [3.05, 3.63) is 64.9 Å². The molecule has 6 heteroatoms. The van der Waals surface area contributed by atoms with Crippen molar-refractivity contribution in [1.82, 2.24) is 4.90 Å². The molecule has 0 radical (unpaired) electrons. The van der Waals surface area contributed by atoms with Crippen molar-refractivity contribution in [2.45, 2.75) is 73.3 Å². The summed E-state index contributed by atoms with van der Waals surface area (Å²) in [7, 11) is 2.64. The van der Waals surface area contributed by atoms with Gasteiger partial charge in [-0.05, 0) is 49.1 Å². The molecule has 0 fully saturated rings. The van der Waals surface area contributed by atoms with E-state index in [-0.39, 0.29) is 18.9 Å². The van der Waals surface area contributed by atoms with Gasteiger partial charge in [-0.15, -0.1) is 0 Å². The van der Waals surface area contributed by atoms with E-state index < -0.39 is 0 Å². The highest BCUT2D eigenvalue weighted by Gasteiger charge is 2.34. The highest BCUT2D eigenvalue weighted by molar-refractivity contribution is 6.02. The Morgan fingerprint density at radius 3 is 2.20 bits per heavy atom. The molecule has 2 aromatic carbocycles. The van der Waals surface area contributed by atoms with Crippen LogP contribution in [-0.2, 0) is 0 Å². The molecule has 0 saturated heterocycles. The van der Waals surface area contributed by atoms with Gasteiger partial charge in [-0.25, -0.2) is 0 Å². The Labute approximate surface area is 213 Å². The number of hydrogen-bond donors (Lipinski definition) is 2. The van der Waals surface area contributed by atoms with E-state index in [0.29, 0.717) is 5.56 Å². The molecule has 1 amide bonds. The molecule has 4 N–H and O–H groups in total. The van der Waals surface area contributed by atoms with Crippen molar-refractivity contribution in [1.29, 1.82) is 0 Å². The first-order valence-electron chi connectivity index (χ1n) is 12.5. The van der Waals surface area contributed by atoms with E-state index in [1.807, 2.05) is 44.0 Å². The zero-order chi connectivity index (χ0) is 25.7. The summed E-state index contributed by atoms with van der Waals surface area (Å²) < 4.78 is 5.40. The van der Waals surface area contributed by atoms with Gasteiger partial charge in [0.05, 0.1) is 18.7 Å². The number of carbonyl (C=O) groups is 1. The normalized spacial score (nSPS) is 15.0. The SMILES string of the molecule is CC.CCCCC.CO.COc1cc2c(cc1C)NCC1CC(c3ccc(C)cc3)=CN1C2=O.O.[HH]. The van der Waals surface area contributed by atoms with Gasteiger partial charge in [0.2, 0.25) is 0 Å². The third kappa shape index (κ3) is 8.41. The van der Waals surface area contributed by atoms with Crippen molar-refractivity contribution in [2.75, 3.05) is 26.1 Å². The van der Waals surface area contributed by atoms with Gasteiger partial charge in [-0.3, -0.25) is 4.79 Å². The number of anilines is 1. The Bertz CT molecular complexity index is 928. The van der Waals surface area contributed by atoms with Crippen molar-refractivity contribution in [3.8, 4) is 5.75 Å². The minimum absolute atomic E-state index is 0. The number of rotatable bonds is 4. The number of hydrogen-bond acceptors (Lipinski definition) is 4. The number of nitrogens with zero attached hydrogens (tertiary/aromatic N) is 1. The largest absolute Gasteiger partial charge is 0.496 e. The first-order valence-corrected chi connectivity index (χ1v) is 12.5. The number of carbonyl (C=O) groups excluding carboxylic acids is 1. The van der Waals surface area contributed by atoms with Crippen molar-refractivity contribution >= 4 is 17.2 Å². The molecule has 1 unspecified atom stereocenters. The van der Waals surface area contributed by atoms with Gasteiger partial charge in [-0.1, -0.05) is 76.8 Å². The molecule has 2 aromatic rings. The summed E-state index contributed by atoms with van der Waals surface area (Å²) in [6.45, 7) is 13.2. The average Bonchev–Trinajstić information content (AvgIpc) is 3.25. The quantitative estimate of drug-likeness (QED) is 0.532. The summed E-state index contributed by atoms with van der Waals surface area (Å²) in [4.78, 5) is 15.0. The van der Waals surface area contributed by atoms with E-state index in [2.05, 4.69) is 50.4 Å². The minimum atomic E-state index is 0. The minimum Gasteiger partial charge on any atom is -0.496 e. The van der Waals surface area contributed by atoms with Gasteiger partial charge in [0.15, 0.2) is 0 Å². The molecule has 35 heavy (non-hydrogen) atoms. The fourth-order valence-electron chi connectivity index (χ4n) is 3.98. The van der Waals surface area contributed by atoms with Gasteiger partial charge in [-0.2, -0.15) is 0 Å². The molecule has 0 bridgehead atoms. The highest BCUT2D eigenvalue weighted by atomic mass is 16.5. The second kappa shape index (κ2) is 16.7. The van der Waals surface area contributed by atoms with Gasteiger partial charge in [0.1, 0.15) is 5.75 Å². The van der Waals surface area contributed by atoms with E-state index in [4.69, 9.17) is 9.84 Å². The molecule has 0 aliphatic carbocycles. The van der Waals surface area contributed by atoms with Crippen molar-refractivity contribution in [3.63, 3.8) is 0 Å². The van der Waals surface area contributed by atoms with Gasteiger partial charge >= 0.3 is 0 Å². The topological polar surface area (TPSA) is 93.3 Å². The molecule has 6 nitrogen and oxygen atoms in total. The summed E-state index contributed by atoms with van der Waals surface area (Å²) in [6.07, 6.45) is 6.96. The third-order valence-electron chi connectivity index (χ3n) is 5.80. The van der Waals surface area contributed by atoms with Gasteiger partial charge < -0.3 is 25.5 Å². The van der Waals surface area contributed by atoms with Gasteiger partial charge in [0.25, 0.3) is 5.91 Å². The number of unbranched alkanes of at least 4 members (excludes halogenated alkanes) is 2. The summed E-state index contributed by atoms with van der Waals surface area (Å²) in [5.74, 6) is 0.777. The molecule has 2 aliphatic rings. The Morgan fingerprint density at radius 1 is 1.09 bits per heavy atom. The molecule has 0 spiro atoms. The van der Waals surface area contributed by atoms with Crippen LogP contribution in [0.3, 0.4) is 0 Å². The number of fused-ring (bicyclic) bond motifs is 2. The maximum Gasteiger partial charge on any atom is 0.260 e. The van der Waals surface area contributed by atoms with Crippen molar-refractivity contribution < 1.29 is 21.5 Å². The lowest BCUT2D eigenvalue weighted by Gasteiger charge is -2.20. The summed E-state index contributed by atoms with van der Waals surface area (Å²) in [6, 6.07) is 12.5. The number of aliphatic hydroxyl groups excluding tert-OH is 1. The van der Waals surface area contributed by atoms with Crippen LogP contribution in [0.5, 0.6) is 5.75 Å². The number of nitrogens with one attached hydrogen (secondary N) is 1. The van der Waals surface area contributed by atoms with Crippen LogP contribution in [-0.4, -0.2) is 48.2 Å². The molecule has 0 saturated carbocycles. The van der Waals surface area contributed by atoms with Crippen LogP contribution in [0, 0.1) is 13.8 Å². The Balaban J connectivity index is 0. The second-order valence-electron chi connectivity index (χ2n) is 8.19. The highest BCUT2D eigenvalue weighted by Crippen LogP contribution is 2.36. The Hall–Kier alpha value is -2.83. The molecule has 0 aromatic heterocycles. The Morgan fingerprint density at radius 2 is 1.69 bits per heavy atom. The van der Waals surface area contributed by atoms with Crippen LogP contribution in [0.2, 0.25) is 0 Å². The number of aliphatic hydroxyl groups is 1. The van der Waals surface area contributed by atoms with Crippen LogP contribution in [0.4, 0.5) is 5.69 Å². The lowest BCUT2D eigenvalue weighted by molar-refractivity contribution is 0.0796. The van der Waals surface area contributed by atoms with E-state index in [1.54, 1.807) is 7.11 Å². The molecule has 4 rings (SSSR count). The predicted molar refractivity (Wildman–Crippen MR) is 150 cm³/mol. The number of benzene rings is 2. The fraction of sp³-hybridized carbons (Fsp3) is 0.483. The molecular weight excluding hydrogens is 440 g/mol. The van der Waals surface area contributed by atoms with Crippen LogP contribution >= 0.6 is 0 Å². The predicted octanol–water partition coefficient (Wildman–Crippen LogP) is 6.25. The van der Waals surface area contributed by atoms with Crippen LogP contribution in [0.15, 0.2) is 42.6 Å². The Kier molecular flexibility index (Phi) is 15.4. The molecule has 2 aliphatic heterocycles. The van der Waals surface area contributed by atoms with Crippen LogP contribution < -0.4 is 10.1 Å². The monoisotopic (exact) mass is 488 g/mol. The van der Waals surface area contributed by atoms with E-state index in [9.17, 15) is 4.79 Å². The third-order valence-corrected chi connectivity index (χ3v) is 5.80. The fourth-order valence-corrected chi connectivity index (χ4v) is 3.98. The summed E-state index contributed by atoms with van der Waals surface area (Å²) >= 11 is 0. The molecule has 2 heterocycles. The van der Waals surface area contributed by atoms with E-state index in [1.165, 1.54) is 36.0 Å². The number of methoxy groups -OCH3 is 1.